The Balaban J connectivity index is 1.87. The maximum Gasteiger partial charge on any atom is 0.319 e. The Morgan fingerprint density at radius 2 is 2.05 bits per heavy atom. The van der Waals surface area contributed by atoms with E-state index in [2.05, 4.69) is 10.6 Å². The van der Waals surface area contributed by atoms with Gasteiger partial charge >= 0.3 is 6.03 Å². The van der Waals surface area contributed by atoms with E-state index in [9.17, 15) is 9.90 Å². The number of anilines is 1. The summed E-state index contributed by atoms with van der Waals surface area (Å²) in [4.78, 5) is 12.0. The number of aryl methyl sites for hydroxylation is 1. The van der Waals surface area contributed by atoms with Crippen LogP contribution in [0, 0.1) is 6.92 Å². The molecule has 2 amide bonds. The molecule has 0 atom stereocenters. The molecule has 5 heteroatoms. The fourth-order valence-corrected chi connectivity index (χ4v) is 2.60. The van der Waals surface area contributed by atoms with Crippen LogP contribution in [0.5, 0.6) is 5.75 Å². The summed E-state index contributed by atoms with van der Waals surface area (Å²) < 4.78 is 5.43. The van der Waals surface area contributed by atoms with Gasteiger partial charge in [-0.2, -0.15) is 0 Å². The number of hydrogen-bond acceptors (Lipinski definition) is 3. The number of aliphatic hydroxyl groups is 1. The molecule has 1 aromatic carbocycles. The van der Waals surface area contributed by atoms with Crippen LogP contribution in [-0.4, -0.2) is 29.9 Å². The number of rotatable bonds is 4. The van der Waals surface area contributed by atoms with E-state index >= 15 is 0 Å². The van der Waals surface area contributed by atoms with Gasteiger partial charge in [-0.25, -0.2) is 4.79 Å². The third kappa shape index (κ3) is 4.63. The second-order valence-corrected chi connectivity index (χ2v) is 5.51. The summed E-state index contributed by atoms with van der Waals surface area (Å²) in [6.45, 7) is 4.51. The number of carbonyl (C=O) groups excluding carboxylic acids is 1. The molecule has 5 nitrogen and oxygen atoms in total. The minimum atomic E-state index is -0.209. The molecule has 0 unspecified atom stereocenters. The highest BCUT2D eigenvalue weighted by Crippen LogP contribution is 2.22. The number of carbonyl (C=O) groups is 1. The molecule has 1 aliphatic carbocycles. The lowest BCUT2D eigenvalue weighted by molar-refractivity contribution is 0.118. The smallest absolute Gasteiger partial charge is 0.319 e. The average Bonchev–Trinajstić information content (AvgIpc) is 2.45. The first-order valence-corrected chi connectivity index (χ1v) is 7.57. The second-order valence-electron chi connectivity index (χ2n) is 5.51. The van der Waals surface area contributed by atoms with Gasteiger partial charge in [-0.15, -0.1) is 0 Å². The van der Waals surface area contributed by atoms with E-state index in [1.807, 2.05) is 32.0 Å². The molecule has 0 heterocycles. The zero-order valence-electron chi connectivity index (χ0n) is 12.7. The van der Waals surface area contributed by atoms with Crippen LogP contribution in [0.2, 0.25) is 0 Å². The molecule has 116 valence electrons. The fourth-order valence-electron chi connectivity index (χ4n) is 2.60. The van der Waals surface area contributed by atoms with Crippen molar-refractivity contribution in [2.24, 2.45) is 0 Å². The molecule has 0 saturated heterocycles. The second kappa shape index (κ2) is 7.31. The van der Waals surface area contributed by atoms with Crippen molar-refractivity contribution < 1.29 is 14.6 Å². The van der Waals surface area contributed by atoms with Crippen molar-refractivity contribution >= 4 is 11.7 Å². The van der Waals surface area contributed by atoms with Crippen molar-refractivity contribution in [2.75, 3.05) is 11.9 Å². The molecule has 0 radical (unpaired) electrons. The predicted molar refractivity (Wildman–Crippen MR) is 82.8 cm³/mol. The van der Waals surface area contributed by atoms with Gasteiger partial charge in [0.2, 0.25) is 0 Å². The Bertz CT molecular complexity index is 482. The van der Waals surface area contributed by atoms with E-state index in [1.165, 1.54) is 0 Å². The Morgan fingerprint density at radius 1 is 1.33 bits per heavy atom. The van der Waals surface area contributed by atoms with E-state index < -0.39 is 0 Å². The number of amides is 2. The van der Waals surface area contributed by atoms with E-state index in [4.69, 9.17) is 4.74 Å². The standard InChI is InChI=1S/C16H24N2O3/c1-3-21-14-8-9-15(11(2)10-14)18-16(20)17-12-4-6-13(19)7-5-12/h8-10,12-13,19H,3-7H2,1-2H3,(H2,17,18,20). The van der Waals surface area contributed by atoms with Crippen molar-refractivity contribution in [3.05, 3.63) is 23.8 Å². The molecule has 0 spiro atoms. The number of benzene rings is 1. The summed E-state index contributed by atoms with van der Waals surface area (Å²) in [6, 6.07) is 5.57. The number of aliphatic hydroxyl groups excluding tert-OH is 1. The van der Waals surface area contributed by atoms with Crippen LogP contribution >= 0.6 is 0 Å². The Labute approximate surface area is 125 Å². The van der Waals surface area contributed by atoms with Crippen LogP contribution in [0.3, 0.4) is 0 Å². The number of nitrogens with one attached hydrogen (secondary N) is 2. The Morgan fingerprint density at radius 3 is 2.67 bits per heavy atom. The lowest BCUT2D eigenvalue weighted by Gasteiger charge is -2.26. The van der Waals surface area contributed by atoms with Gasteiger partial charge in [0.1, 0.15) is 5.75 Å². The third-order valence-corrected chi connectivity index (χ3v) is 3.79. The summed E-state index contributed by atoms with van der Waals surface area (Å²) in [5.41, 5.74) is 1.75. The number of ether oxygens (including phenoxy) is 1. The summed E-state index contributed by atoms with van der Waals surface area (Å²) in [5, 5.41) is 15.3. The van der Waals surface area contributed by atoms with Gasteiger partial charge in [-0.3, -0.25) is 0 Å². The maximum atomic E-state index is 12.0. The van der Waals surface area contributed by atoms with Gasteiger partial charge in [-0.05, 0) is 63.3 Å². The molecule has 3 N–H and O–H groups in total. The third-order valence-electron chi connectivity index (χ3n) is 3.79. The van der Waals surface area contributed by atoms with Gasteiger partial charge < -0.3 is 20.5 Å². The summed E-state index contributed by atoms with van der Waals surface area (Å²) in [5.74, 6) is 0.808. The van der Waals surface area contributed by atoms with Crippen molar-refractivity contribution in [3.63, 3.8) is 0 Å². The van der Waals surface area contributed by atoms with Gasteiger partial charge in [-0.1, -0.05) is 0 Å². The van der Waals surface area contributed by atoms with Crippen molar-refractivity contribution in [1.29, 1.82) is 0 Å². The quantitative estimate of drug-likeness (QED) is 0.799. The molecular weight excluding hydrogens is 268 g/mol. The van der Waals surface area contributed by atoms with E-state index in [0.717, 1.165) is 42.7 Å². The normalized spacial score (nSPS) is 21.7. The van der Waals surface area contributed by atoms with Gasteiger partial charge in [0.25, 0.3) is 0 Å². The Hall–Kier alpha value is -1.75. The topological polar surface area (TPSA) is 70.6 Å². The van der Waals surface area contributed by atoms with Crippen LogP contribution < -0.4 is 15.4 Å². The van der Waals surface area contributed by atoms with Crippen LogP contribution in [0.1, 0.15) is 38.2 Å². The van der Waals surface area contributed by atoms with Crippen LogP contribution in [0.15, 0.2) is 18.2 Å². The van der Waals surface area contributed by atoms with E-state index in [0.29, 0.717) is 6.61 Å². The molecular formula is C16H24N2O3. The lowest BCUT2D eigenvalue weighted by atomic mass is 9.93. The monoisotopic (exact) mass is 292 g/mol. The van der Waals surface area contributed by atoms with Gasteiger partial charge in [0.15, 0.2) is 0 Å². The highest BCUT2D eigenvalue weighted by molar-refractivity contribution is 5.90. The van der Waals surface area contributed by atoms with Crippen LogP contribution in [0.4, 0.5) is 10.5 Å². The van der Waals surface area contributed by atoms with E-state index in [1.54, 1.807) is 0 Å². The molecule has 0 aromatic heterocycles. The van der Waals surface area contributed by atoms with Crippen molar-refractivity contribution in [1.82, 2.24) is 5.32 Å². The first-order chi connectivity index (χ1) is 10.1. The van der Waals surface area contributed by atoms with Crippen LogP contribution in [-0.2, 0) is 0 Å². The molecule has 1 fully saturated rings. The zero-order chi connectivity index (χ0) is 15.2. The molecule has 1 aromatic rings. The largest absolute Gasteiger partial charge is 0.494 e. The molecule has 21 heavy (non-hydrogen) atoms. The number of urea groups is 1. The molecule has 0 bridgehead atoms. The first-order valence-electron chi connectivity index (χ1n) is 7.57. The molecule has 0 aliphatic heterocycles. The van der Waals surface area contributed by atoms with E-state index in [-0.39, 0.29) is 18.2 Å². The van der Waals surface area contributed by atoms with Gasteiger partial charge in [0.05, 0.1) is 12.7 Å². The minimum absolute atomic E-state index is 0.149. The van der Waals surface area contributed by atoms with Crippen molar-refractivity contribution in [2.45, 2.75) is 51.7 Å². The molecule has 2 rings (SSSR count). The fraction of sp³-hybridized carbons (Fsp3) is 0.562. The molecule has 1 saturated carbocycles. The highest BCUT2D eigenvalue weighted by Gasteiger charge is 2.20. The Kier molecular flexibility index (Phi) is 5.44. The van der Waals surface area contributed by atoms with Crippen LogP contribution in [0.25, 0.3) is 0 Å². The lowest BCUT2D eigenvalue weighted by Crippen LogP contribution is -2.41. The zero-order valence-corrected chi connectivity index (χ0v) is 12.7. The summed E-state index contributed by atoms with van der Waals surface area (Å²) in [6.07, 6.45) is 2.97. The maximum absolute atomic E-state index is 12.0. The SMILES string of the molecule is CCOc1ccc(NC(=O)NC2CCC(O)CC2)c(C)c1. The highest BCUT2D eigenvalue weighted by atomic mass is 16.5. The predicted octanol–water partition coefficient (Wildman–Crippen LogP) is 2.82. The van der Waals surface area contributed by atoms with Crippen molar-refractivity contribution in [3.8, 4) is 5.75 Å². The number of hydrogen-bond donors (Lipinski definition) is 3. The summed E-state index contributed by atoms with van der Waals surface area (Å²) >= 11 is 0. The molecule has 1 aliphatic rings. The average molecular weight is 292 g/mol. The minimum Gasteiger partial charge on any atom is -0.494 e. The van der Waals surface area contributed by atoms with Gasteiger partial charge in [0, 0.05) is 11.7 Å². The first kappa shape index (κ1) is 15.6. The summed E-state index contributed by atoms with van der Waals surface area (Å²) in [7, 11) is 0.